The molecule has 130 valence electrons. The van der Waals surface area contributed by atoms with Gasteiger partial charge in [-0.25, -0.2) is 17.7 Å². The van der Waals surface area contributed by atoms with Crippen LogP contribution in [0, 0.1) is 6.92 Å². The van der Waals surface area contributed by atoms with Crippen LogP contribution in [0.25, 0.3) is 10.2 Å². The predicted molar refractivity (Wildman–Crippen MR) is 99.6 cm³/mol. The third-order valence-electron chi connectivity index (χ3n) is 3.72. The standard InChI is InChI=1S/C17H17N3O3S2/c1-11-6-4-9-14-15(11)18-17(24-14)19-16(21)12-7-5-8-13(10-12)25(22,23)20(2)3/h4-10H,1-3H3,(H,18,19,21). The average molecular weight is 375 g/mol. The van der Waals surface area contributed by atoms with E-state index in [0.717, 1.165) is 20.1 Å². The summed E-state index contributed by atoms with van der Waals surface area (Å²) in [6.45, 7) is 1.96. The van der Waals surface area contributed by atoms with E-state index in [1.807, 2.05) is 25.1 Å². The lowest BCUT2D eigenvalue weighted by atomic mass is 10.2. The number of sulfonamides is 1. The number of anilines is 1. The summed E-state index contributed by atoms with van der Waals surface area (Å²) in [5, 5.41) is 3.22. The smallest absolute Gasteiger partial charge is 0.257 e. The van der Waals surface area contributed by atoms with E-state index in [1.165, 1.54) is 37.6 Å². The van der Waals surface area contributed by atoms with Crippen molar-refractivity contribution >= 4 is 42.6 Å². The van der Waals surface area contributed by atoms with E-state index in [0.29, 0.717) is 5.13 Å². The highest BCUT2D eigenvalue weighted by Crippen LogP contribution is 2.28. The van der Waals surface area contributed by atoms with Gasteiger partial charge >= 0.3 is 0 Å². The number of rotatable bonds is 4. The van der Waals surface area contributed by atoms with Crippen LogP contribution in [-0.2, 0) is 10.0 Å². The molecule has 1 N–H and O–H groups in total. The van der Waals surface area contributed by atoms with Crippen molar-refractivity contribution in [2.45, 2.75) is 11.8 Å². The van der Waals surface area contributed by atoms with Crippen LogP contribution >= 0.6 is 11.3 Å². The number of hydrogen-bond donors (Lipinski definition) is 1. The van der Waals surface area contributed by atoms with Gasteiger partial charge in [0.25, 0.3) is 5.91 Å². The molecule has 0 radical (unpaired) electrons. The fraction of sp³-hybridized carbons (Fsp3) is 0.176. The Bertz CT molecular complexity index is 1060. The summed E-state index contributed by atoms with van der Waals surface area (Å²) >= 11 is 1.38. The summed E-state index contributed by atoms with van der Waals surface area (Å²) in [6, 6.07) is 11.8. The van der Waals surface area contributed by atoms with Crippen molar-refractivity contribution in [1.29, 1.82) is 0 Å². The normalized spacial score (nSPS) is 11.8. The van der Waals surface area contributed by atoms with Gasteiger partial charge in [0.15, 0.2) is 5.13 Å². The van der Waals surface area contributed by atoms with Gasteiger partial charge in [-0.1, -0.05) is 29.5 Å². The van der Waals surface area contributed by atoms with E-state index in [4.69, 9.17) is 0 Å². The van der Waals surface area contributed by atoms with E-state index in [9.17, 15) is 13.2 Å². The summed E-state index contributed by atoms with van der Waals surface area (Å²) in [6.07, 6.45) is 0. The molecule has 2 aromatic carbocycles. The van der Waals surface area contributed by atoms with Crippen LogP contribution in [-0.4, -0.2) is 37.7 Å². The summed E-state index contributed by atoms with van der Waals surface area (Å²) in [7, 11) is -0.692. The molecule has 0 saturated heterocycles. The molecule has 0 spiro atoms. The molecule has 1 amide bonds. The number of para-hydroxylation sites is 1. The second-order valence-corrected chi connectivity index (χ2v) is 8.89. The number of thiazole rings is 1. The third kappa shape index (κ3) is 3.41. The maximum Gasteiger partial charge on any atom is 0.257 e. The van der Waals surface area contributed by atoms with Gasteiger partial charge in [-0.2, -0.15) is 0 Å². The molecule has 3 rings (SSSR count). The van der Waals surface area contributed by atoms with Crippen molar-refractivity contribution in [3.63, 3.8) is 0 Å². The van der Waals surface area contributed by atoms with Crippen LogP contribution in [0.15, 0.2) is 47.4 Å². The molecule has 1 heterocycles. The highest BCUT2D eigenvalue weighted by Gasteiger charge is 2.19. The largest absolute Gasteiger partial charge is 0.298 e. The minimum Gasteiger partial charge on any atom is -0.298 e. The van der Waals surface area contributed by atoms with E-state index >= 15 is 0 Å². The lowest BCUT2D eigenvalue weighted by molar-refractivity contribution is 0.102. The monoisotopic (exact) mass is 375 g/mol. The zero-order valence-corrected chi connectivity index (χ0v) is 15.6. The SMILES string of the molecule is Cc1cccc2sc(NC(=O)c3cccc(S(=O)(=O)N(C)C)c3)nc12. The number of aromatic nitrogens is 1. The van der Waals surface area contributed by atoms with Gasteiger partial charge in [-0.05, 0) is 36.8 Å². The minimum absolute atomic E-state index is 0.0743. The summed E-state index contributed by atoms with van der Waals surface area (Å²) in [5.41, 5.74) is 2.15. The third-order valence-corrected chi connectivity index (χ3v) is 6.46. The number of fused-ring (bicyclic) bond motifs is 1. The molecule has 0 atom stereocenters. The van der Waals surface area contributed by atoms with Gasteiger partial charge in [0.1, 0.15) is 0 Å². The van der Waals surface area contributed by atoms with Gasteiger partial charge in [0.2, 0.25) is 10.0 Å². The van der Waals surface area contributed by atoms with Crippen LogP contribution in [0.5, 0.6) is 0 Å². The second-order valence-electron chi connectivity index (χ2n) is 5.71. The van der Waals surface area contributed by atoms with Crippen LogP contribution in [0.4, 0.5) is 5.13 Å². The lowest BCUT2D eigenvalue weighted by Crippen LogP contribution is -2.22. The number of amides is 1. The first-order valence-corrected chi connectivity index (χ1v) is 9.75. The Morgan fingerprint density at radius 1 is 1.16 bits per heavy atom. The molecular formula is C17H17N3O3S2. The van der Waals surface area contributed by atoms with E-state index in [2.05, 4.69) is 10.3 Å². The van der Waals surface area contributed by atoms with Crippen LogP contribution in [0.1, 0.15) is 15.9 Å². The molecule has 8 heteroatoms. The molecule has 3 aromatic rings. The Morgan fingerprint density at radius 3 is 2.56 bits per heavy atom. The molecular weight excluding hydrogens is 358 g/mol. The van der Waals surface area contributed by atoms with Gasteiger partial charge in [0, 0.05) is 19.7 Å². The molecule has 0 saturated carbocycles. The van der Waals surface area contributed by atoms with Crippen molar-refractivity contribution in [2.75, 3.05) is 19.4 Å². The Hall–Kier alpha value is -2.29. The van der Waals surface area contributed by atoms with Crippen molar-refractivity contribution in [1.82, 2.24) is 9.29 Å². The Morgan fingerprint density at radius 2 is 1.88 bits per heavy atom. The number of nitrogens with one attached hydrogen (secondary N) is 1. The zero-order chi connectivity index (χ0) is 18.2. The molecule has 0 aliphatic heterocycles. The molecule has 1 aromatic heterocycles. The maximum atomic E-state index is 12.5. The van der Waals surface area contributed by atoms with Crippen LogP contribution < -0.4 is 5.32 Å². The maximum absolute atomic E-state index is 12.5. The molecule has 0 unspecified atom stereocenters. The first-order chi connectivity index (χ1) is 11.8. The summed E-state index contributed by atoms with van der Waals surface area (Å²) in [4.78, 5) is 17.0. The minimum atomic E-state index is -3.59. The number of aryl methyl sites for hydroxylation is 1. The molecule has 25 heavy (non-hydrogen) atoms. The highest BCUT2D eigenvalue weighted by atomic mass is 32.2. The van der Waals surface area contributed by atoms with E-state index in [1.54, 1.807) is 12.1 Å². The van der Waals surface area contributed by atoms with Crippen LogP contribution in [0.3, 0.4) is 0 Å². The molecule has 6 nitrogen and oxygen atoms in total. The molecule has 0 bridgehead atoms. The fourth-order valence-corrected chi connectivity index (χ4v) is 4.20. The quantitative estimate of drug-likeness (QED) is 0.760. The number of carbonyl (C=O) groups excluding carboxylic acids is 1. The van der Waals surface area contributed by atoms with Crippen molar-refractivity contribution < 1.29 is 13.2 Å². The summed E-state index contributed by atoms with van der Waals surface area (Å²) in [5.74, 6) is -0.396. The highest BCUT2D eigenvalue weighted by molar-refractivity contribution is 7.89. The first kappa shape index (κ1) is 17.5. The molecule has 0 aliphatic rings. The summed E-state index contributed by atoms with van der Waals surface area (Å²) < 4.78 is 26.5. The van der Waals surface area contributed by atoms with Crippen molar-refractivity contribution in [3.05, 3.63) is 53.6 Å². The first-order valence-electron chi connectivity index (χ1n) is 7.49. The fourth-order valence-electron chi connectivity index (χ4n) is 2.32. The van der Waals surface area contributed by atoms with E-state index in [-0.39, 0.29) is 10.5 Å². The van der Waals surface area contributed by atoms with Crippen LogP contribution in [0.2, 0.25) is 0 Å². The van der Waals surface area contributed by atoms with Crippen molar-refractivity contribution in [2.24, 2.45) is 0 Å². The topological polar surface area (TPSA) is 79.4 Å². The van der Waals surface area contributed by atoms with Gasteiger partial charge in [-0.15, -0.1) is 0 Å². The Labute approximate surface area is 150 Å². The number of benzene rings is 2. The number of nitrogens with zero attached hydrogens (tertiary/aromatic N) is 2. The lowest BCUT2D eigenvalue weighted by Gasteiger charge is -2.12. The Kier molecular flexibility index (Phi) is 4.59. The van der Waals surface area contributed by atoms with Gasteiger partial charge < -0.3 is 0 Å². The predicted octanol–water partition coefficient (Wildman–Crippen LogP) is 3.11. The zero-order valence-electron chi connectivity index (χ0n) is 14.0. The van der Waals surface area contributed by atoms with Crippen molar-refractivity contribution in [3.8, 4) is 0 Å². The molecule has 0 aliphatic carbocycles. The average Bonchev–Trinajstić information content (AvgIpc) is 2.98. The number of carbonyl (C=O) groups is 1. The van der Waals surface area contributed by atoms with Gasteiger partial charge in [0.05, 0.1) is 15.1 Å². The number of hydrogen-bond acceptors (Lipinski definition) is 5. The van der Waals surface area contributed by atoms with E-state index < -0.39 is 15.9 Å². The second kappa shape index (κ2) is 6.55. The Balaban J connectivity index is 1.89. The van der Waals surface area contributed by atoms with Gasteiger partial charge in [-0.3, -0.25) is 10.1 Å². The molecule has 0 fully saturated rings.